The van der Waals surface area contributed by atoms with E-state index in [1.54, 1.807) is 7.11 Å². The Balaban J connectivity index is 1.85. The highest BCUT2D eigenvalue weighted by Crippen LogP contribution is 2.27. The maximum Gasteiger partial charge on any atom is 0.161 e. The molecule has 0 aromatic heterocycles. The Morgan fingerprint density at radius 2 is 1.65 bits per heavy atom. The Morgan fingerprint density at radius 1 is 0.900 bits per heavy atom. The zero-order valence-electron chi connectivity index (χ0n) is 11.5. The Bertz CT molecular complexity index is 529. The van der Waals surface area contributed by atoms with Gasteiger partial charge >= 0.3 is 0 Å². The molecule has 0 aliphatic carbocycles. The normalized spacial score (nSPS) is 10.1. The average molecular weight is 273 g/mol. The van der Waals surface area contributed by atoms with E-state index in [0.717, 1.165) is 11.3 Å². The molecule has 106 valence electrons. The molecule has 2 aromatic carbocycles. The first-order chi connectivity index (χ1) is 9.83. The van der Waals surface area contributed by atoms with Crippen LogP contribution >= 0.6 is 0 Å². The summed E-state index contributed by atoms with van der Waals surface area (Å²) in [4.78, 5) is 0. The summed E-state index contributed by atoms with van der Waals surface area (Å²) >= 11 is 0. The van der Waals surface area contributed by atoms with Crippen molar-refractivity contribution in [3.63, 3.8) is 0 Å². The van der Waals surface area contributed by atoms with Crippen LogP contribution in [0.3, 0.4) is 0 Å². The van der Waals surface area contributed by atoms with Crippen LogP contribution in [0.2, 0.25) is 0 Å². The van der Waals surface area contributed by atoms with E-state index >= 15 is 0 Å². The third-order valence-electron chi connectivity index (χ3n) is 2.82. The number of benzene rings is 2. The molecule has 0 atom stereocenters. The highest BCUT2D eigenvalue weighted by atomic mass is 16.5. The van der Waals surface area contributed by atoms with Gasteiger partial charge in [0.1, 0.15) is 19.0 Å². The number of hydrogen-bond donors (Lipinski definition) is 1. The van der Waals surface area contributed by atoms with Gasteiger partial charge < -0.3 is 19.9 Å². The maximum atomic E-state index is 5.66. The second-order valence-corrected chi connectivity index (χ2v) is 4.20. The van der Waals surface area contributed by atoms with Crippen molar-refractivity contribution in [2.24, 2.45) is 5.73 Å². The van der Waals surface area contributed by atoms with Gasteiger partial charge in [-0.1, -0.05) is 24.3 Å². The van der Waals surface area contributed by atoms with Crippen molar-refractivity contribution in [1.29, 1.82) is 0 Å². The topological polar surface area (TPSA) is 53.7 Å². The predicted octanol–water partition coefficient (Wildman–Crippen LogP) is 2.61. The van der Waals surface area contributed by atoms with Crippen LogP contribution in [-0.2, 0) is 6.54 Å². The van der Waals surface area contributed by atoms with Gasteiger partial charge in [0.25, 0.3) is 0 Å². The molecule has 0 unspecified atom stereocenters. The van der Waals surface area contributed by atoms with Crippen molar-refractivity contribution in [3.8, 4) is 17.2 Å². The lowest BCUT2D eigenvalue weighted by molar-refractivity contribution is 0.211. The van der Waals surface area contributed by atoms with E-state index in [1.807, 2.05) is 48.5 Å². The van der Waals surface area contributed by atoms with Crippen molar-refractivity contribution in [1.82, 2.24) is 0 Å². The van der Waals surface area contributed by atoms with Gasteiger partial charge in [-0.25, -0.2) is 0 Å². The number of methoxy groups -OCH3 is 1. The molecule has 20 heavy (non-hydrogen) atoms. The molecule has 0 aliphatic heterocycles. The fraction of sp³-hybridized carbons (Fsp3) is 0.250. The molecular weight excluding hydrogens is 254 g/mol. The quantitative estimate of drug-likeness (QED) is 0.788. The first kappa shape index (κ1) is 14.2. The van der Waals surface area contributed by atoms with Crippen LogP contribution < -0.4 is 19.9 Å². The van der Waals surface area contributed by atoms with Crippen LogP contribution in [0, 0.1) is 0 Å². The predicted molar refractivity (Wildman–Crippen MR) is 78.3 cm³/mol. The molecule has 0 fully saturated rings. The molecule has 4 heteroatoms. The van der Waals surface area contributed by atoms with E-state index in [-0.39, 0.29) is 0 Å². The van der Waals surface area contributed by atoms with Gasteiger partial charge in [-0.15, -0.1) is 0 Å². The molecule has 4 nitrogen and oxygen atoms in total. The molecule has 2 N–H and O–H groups in total. The van der Waals surface area contributed by atoms with E-state index in [4.69, 9.17) is 19.9 Å². The summed E-state index contributed by atoms with van der Waals surface area (Å²) in [6.45, 7) is 1.41. The van der Waals surface area contributed by atoms with Crippen LogP contribution in [0.4, 0.5) is 0 Å². The molecule has 2 rings (SSSR count). The van der Waals surface area contributed by atoms with E-state index in [9.17, 15) is 0 Å². The summed E-state index contributed by atoms with van der Waals surface area (Å²) in [5.41, 5.74) is 6.60. The zero-order chi connectivity index (χ0) is 14.2. The Labute approximate surface area is 119 Å². The van der Waals surface area contributed by atoms with Gasteiger partial charge in [-0.05, 0) is 29.8 Å². The van der Waals surface area contributed by atoms with Crippen LogP contribution in [0.5, 0.6) is 17.2 Å². The molecule has 0 amide bonds. The SMILES string of the molecule is COc1cc(CN)ccc1OCCOc1ccccc1. The van der Waals surface area contributed by atoms with E-state index in [0.29, 0.717) is 31.3 Å². The fourth-order valence-corrected chi connectivity index (χ4v) is 1.79. The van der Waals surface area contributed by atoms with Crippen molar-refractivity contribution in [2.45, 2.75) is 6.54 Å². The fourth-order valence-electron chi connectivity index (χ4n) is 1.79. The van der Waals surface area contributed by atoms with Gasteiger partial charge in [0, 0.05) is 6.54 Å². The second kappa shape index (κ2) is 7.40. The molecule has 0 saturated heterocycles. The number of nitrogens with two attached hydrogens (primary N) is 1. The van der Waals surface area contributed by atoms with Crippen LogP contribution in [-0.4, -0.2) is 20.3 Å². The van der Waals surface area contributed by atoms with Gasteiger partial charge in [0.05, 0.1) is 7.11 Å². The Morgan fingerprint density at radius 3 is 2.35 bits per heavy atom. The van der Waals surface area contributed by atoms with E-state index in [2.05, 4.69) is 0 Å². The van der Waals surface area contributed by atoms with Gasteiger partial charge in [0.15, 0.2) is 11.5 Å². The molecule has 0 spiro atoms. The molecular formula is C16H19NO3. The maximum absolute atomic E-state index is 5.66. The average Bonchev–Trinajstić information content (AvgIpc) is 2.52. The van der Waals surface area contributed by atoms with Crippen molar-refractivity contribution in [2.75, 3.05) is 20.3 Å². The van der Waals surface area contributed by atoms with Gasteiger partial charge in [-0.2, -0.15) is 0 Å². The third-order valence-corrected chi connectivity index (χ3v) is 2.82. The molecule has 0 heterocycles. The Hall–Kier alpha value is -2.20. The molecule has 2 aromatic rings. The Kier molecular flexibility index (Phi) is 5.26. The summed E-state index contributed by atoms with van der Waals surface area (Å²) in [5.74, 6) is 2.22. The van der Waals surface area contributed by atoms with Crippen molar-refractivity contribution >= 4 is 0 Å². The molecule has 0 aliphatic rings. The van der Waals surface area contributed by atoms with E-state index < -0.39 is 0 Å². The number of para-hydroxylation sites is 1. The number of hydrogen-bond acceptors (Lipinski definition) is 4. The van der Waals surface area contributed by atoms with Crippen molar-refractivity contribution in [3.05, 3.63) is 54.1 Å². The summed E-state index contributed by atoms with van der Waals surface area (Å²) in [6, 6.07) is 15.3. The van der Waals surface area contributed by atoms with Crippen LogP contribution in [0.15, 0.2) is 48.5 Å². The van der Waals surface area contributed by atoms with E-state index in [1.165, 1.54) is 0 Å². The van der Waals surface area contributed by atoms with Gasteiger partial charge in [0.2, 0.25) is 0 Å². The lowest BCUT2D eigenvalue weighted by Crippen LogP contribution is -2.09. The standard InChI is InChI=1S/C16H19NO3/c1-18-16-11-13(12-17)7-8-15(16)20-10-9-19-14-5-3-2-4-6-14/h2-8,11H,9-10,12,17H2,1H3. The molecule has 0 bridgehead atoms. The lowest BCUT2D eigenvalue weighted by Gasteiger charge is -2.12. The second-order valence-electron chi connectivity index (χ2n) is 4.20. The summed E-state index contributed by atoms with van der Waals surface area (Å²) in [7, 11) is 1.61. The van der Waals surface area contributed by atoms with Crippen LogP contribution in [0.1, 0.15) is 5.56 Å². The number of ether oxygens (including phenoxy) is 3. The third kappa shape index (κ3) is 3.90. The first-order valence-corrected chi connectivity index (χ1v) is 6.51. The summed E-state index contributed by atoms with van der Waals surface area (Å²) in [6.07, 6.45) is 0. The summed E-state index contributed by atoms with van der Waals surface area (Å²) < 4.78 is 16.5. The minimum Gasteiger partial charge on any atom is -0.493 e. The highest BCUT2D eigenvalue weighted by molar-refractivity contribution is 5.42. The van der Waals surface area contributed by atoms with Crippen molar-refractivity contribution < 1.29 is 14.2 Å². The van der Waals surface area contributed by atoms with Gasteiger partial charge in [-0.3, -0.25) is 0 Å². The molecule has 0 saturated carbocycles. The zero-order valence-corrected chi connectivity index (χ0v) is 11.5. The largest absolute Gasteiger partial charge is 0.493 e. The first-order valence-electron chi connectivity index (χ1n) is 6.51. The highest BCUT2D eigenvalue weighted by Gasteiger charge is 2.05. The minimum atomic E-state index is 0.452. The smallest absolute Gasteiger partial charge is 0.161 e. The summed E-state index contributed by atoms with van der Waals surface area (Å²) in [5, 5.41) is 0. The monoisotopic (exact) mass is 273 g/mol. The lowest BCUT2D eigenvalue weighted by atomic mass is 10.2. The minimum absolute atomic E-state index is 0.452. The van der Waals surface area contributed by atoms with Crippen LogP contribution in [0.25, 0.3) is 0 Å². The number of rotatable bonds is 7. The molecule has 0 radical (unpaired) electrons.